The summed E-state index contributed by atoms with van der Waals surface area (Å²) in [6.07, 6.45) is 3.24. The van der Waals surface area contributed by atoms with E-state index in [9.17, 15) is 4.79 Å². The van der Waals surface area contributed by atoms with Crippen LogP contribution >= 0.6 is 0 Å². The fourth-order valence-electron chi connectivity index (χ4n) is 3.20. The molecule has 3 heteroatoms. The SMILES string of the molecule is CC1CC(CN)(C(=O)N(C)CC2CC2C)C1. The number of nitrogens with two attached hydrogens (primary N) is 1. The molecule has 2 N–H and O–H groups in total. The van der Waals surface area contributed by atoms with Crippen molar-refractivity contribution in [1.82, 2.24) is 4.90 Å². The first kappa shape index (κ1) is 11.9. The van der Waals surface area contributed by atoms with Crippen molar-refractivity contribution in [3.63, 3.8) is 0 Å². The molecule has 0 saturated heterocycles. The van der Waals surface area contributed by atoms with E-state index in [-0.39, 0.29) is 11.3 Å². The van der Waals surface area contributed by atoms with E-state index in [0.29, 0.717) is 12.5 Å². The van der Waals surface area contributed by atoms with Gasteiger partial charge in [0.1, 0.15) is 0 Å². The molecule has 3 nitrogen and oxygen atoms in total. The Balaban J connectivity index is 1.90. The second-order valence-electron chi connectivity index (χ2n) is 6.16. The van der Waals surface area contributed by atoms with Crippen LogP contribution in [0, 0.1) is 23.2 Å². The number of carbonyl (C=O) groups is 1. The van der Waals surface area contributed by atoms with Crippen LogP contribution in [0.4, 0.5) is 0 Å². The van der Waals surface area contributed by atoms with Crippen molar-refractivity contribution in [2.45, 2.75) is 33.1 Å². The van der Waals surface area contributed by atoms with E-state index < -0.39 is 0 Å². The standard InChI is InChI=1S/C13H24N2O/c1-9-5-13(6-9,8-14)12(16)15(3)7-11-4-10(11)2/h9-11H,4-8,14H2,1-3H3. The highest BCUT2D eigenvalue weighted by Crippen LogP contribution is 2.46. The van der Waals surface area contributed by atoms with E-state index in [1.807, 2.05) is 11.9 Å². The Hall–Kier alpha value is -0.570. The van der Waals surface area contributed by atoms with Crippen LogP contribution in [-0.2, 0) is 4.79 Å². The first-order valence-electron chi connectivity index (χ1n) is 6.44. The summed E-state index contributed by atoms with van der Waals surface area (Å²) in [4.78, 5) is 14.3. The van der Waals surface area contributed by atoms with Crippen molar-refractivity contribution in [2.75, 3.05) is 20.1 Å². The van der Waals surface area contributed by atoms with E-state index >= 15 is 0 Å². The number of hydrogen-bond acceptors (Lipinski definition) is 2. The quantitative estimate of drug-likeness (QED) is 0.786. The van der Waals surface area contributed by atoms with Crippen LogP contribution < -0.4 is 5.73 Å². The summed E-state index contributed by atoms with van der Waals surface area (Å²) in [5.41, 5.74) is 5.58. The Kier molecular flexibility index (Phi) is 2.99. The van der Waals surface area contributed by atoms with Crippen LogP contribution in [-0.4, -0.2) is 30.9 Å². The molecule has 0 aromatic rings. The van der Waals surface area contributed by atoms with E-state index in [2.05, 4.69) is 13.8 Å². The van der Waals surface area contributed by atoms with Gasteiger partial charge in [0.2, 0.25) is 5.91 Å². The summed E-state index contributed by atoms with van der Waals surface area (Å²) < 4.78 is 0. The molecule has 2 atom stereocenters. The predicted octanol–water partition coefficient (Wildman–Crippen LogP) is 1.48. The van der Waals surface area contributed by atoms with Gasteiger partial charge in [-0.25, -0.2) is 0 Å². The minimum Gasteiger partial charge on any atom is -0.345 e. The van der Waals surface area contributed by atoms with Gasteiger partial charge in [-0.05, 0) is 37.0 Å². The van der Waals surface area contributed by atoms with Gasteiger partial charge in [-0.2, -0.15) is 0 Å². The maximum Gasteiger partial charge on any atom is 0.229 e. The lowest BCUT2D eigenvalue weighted by atomic mass is 9.62. The number of carbonyl (C=O) groups excluding carboxylic acids is 1. The van der Waals surface area contributed by atoms with Crippen LogP contribution in [0.15, 0.2) is 0 Å². The second-order valence-corrected chi connectivity index (χ2v) is 6.16. The summed E-state index contributed by atoms with van der Waals surface area (Å²) in [5.74, 6) is 2.50. The maximum absolute atomic E-state index is 12.3. The Labute approximate surface area is 98.4 Å². The molecule has 0 radical (unpaired) electrons. The molecule has 2 fully saturated rings. The smallest absolute Gasteiger partial charge is 0.229 e. The first-order valence-corrected chi connectivity index (χ1v) is 6.44. The zero-order valence-electron chi connectivity index (χ0n) is 10.7. The van der Waals surface area contributed by atoms with Crippen molar-refractivity contribution in [1.29, 1.82) is 0 Å². The van der Waals surface area contributed by atoms with Gasteiger partial charge >= 0.3 is 0 Å². The molecular weight excluding hydrogens is 200 g/mol. The van der Waals surface area contributed by atoms with Gasteiger partial charge in [0.25, 0.3) is 0 Å². The molecule has 2 saturated carbocycles. The average molecular weight is 224 g/mol. The molecule has 2 aliphatic carbocycles. The van der Waals surface area contributed by atoms with Gasteiger partial charge in [0.15, 0.2) is 0 Å². The molecular formula is C13H24N2O. The average Bonchev–Trinajstić information content (AvgIpc) is 2.88. The summed E-state index contributed by atoms with van der Waals surface area (Å²) in [5, 5.41) is 0. The normalized spacial score (nSPS) is 41.4. The van der Waals surface area contributed by atoms with Crippen LogP contribution in [0.3, 0.4) is 0 Å². The summed E-state index contributed by atoms with van der Waals surface area (Å²) in [6, 6.07) is 0. The highest BCUT2D eigenvalue weighted by Gasteiger charge is 2.49. The van der Waals surface area contributed by atoms with Crippen molar-refractivity contribution in [3.05, 3.63) is 0 Å². The van der Waals surface area contributed by atoms with E-state index in [1.54, 1.807) is 0 Å². The van der Waals surface area contributed by atoms with E-state index in [1.165, 1.54) is 6.42 Å². The Bertz CT molecular complexity index is 284. The summed E-state index contributed by atoms with van der Waals surface area (Å²) in [6.45, 7) is 5.90. The zero-order chi connectivity index (χ0) is 11.9. The summed E-state index contributed by atoms with van der Waals surface area (Å²) in [7, 11) is 1.94. The Morgan fingerprint density at radius 1 is 1.44 bits per heavy atom. The maximum atomic E-state index is 12.3. The molecule has 0 spiro atoms. The second kappa shape index (κ2) is 4.02. The van der Waals surface area contributed by atoms with Crippen LogP contribution in [0.2, 0.25) is 0 Å². The molecule has 0 aromatic carbocycles. The minimum atomic E-state index is -0.216. The lowest BCUT2D eigenvalue weighted by Crippen LogP contribution is -2.54. The van der Waals surface area contributed by atoms with Gasteiger partial charge in [-0.15, -0.1) is 0 Å². The van der Waals surface area contributed by atoms with Gasteiger partial charge in [-0.3, -0.25) is 4.79 Å². The lowest BCUT2D eigenvalue weighted by Gasteiger charge is -2.46. The third-order valence-corrected chi connectivity index (χ3v) is 4.45. The van der Waals surface area contributed by atoms with Crippen LogP contribution in [0.1, 0.15) is 33.1 Å². The monoisotopic (exact) mass is 224 g/mol. The summed E-state index contributed by atoms with van der Waals surface area (Å²) >= 11 is 0. The highest BCUT2D eigenvalue weighted by atomic mass is 16.2. The number of hydrogen-bond donors (Lipinski definition) is 1. The first-order chi connectivity index (χ1) is 7.48. The third-order valence-electron chi connectivity index (χ3n) is 4.45. The van der Waals surface area contributed by atoms with Gasteiger partial charge in [-0.1, -0.05) is 13.8 Å². The fraction of sp³-hybridized carbons (Fsp3) is 0.923. The topological polar surface area (TPSA) is 46.3 Å². The van der Waals surface area contributed by atoms with Crippen LogP contribution in [0.25, 0.3) is 0 Å². The molecule has 2 aliphatic rings. The lowest BCUT2D eigenvalue weighted by molar-refractivity contribution is -0.148. The third kappa shape index (κ3) is 1.97. The van der Waals surface area contributed by atoms with Gasteiger partial charge < -0.3 is 10.6 Å². The van der Waals surface area contributed by atoms with Crippen LogP contribution in [0.5, 0.6) is 0 Å². The van der Waals surface area contributed by atoms with Gasteiger partial charge in [0, 0.05) is 20.1 Å². The Morgan fingerprint density at radius 3 is 2.38 bits per heavy atom. The molecule has 1 amide bonds. The Morgan fingerprint density at radius 2 is 2.00 bits per heavy atom. The molecule has 2 unspecified atom stereocenters. The van der Waals surface area contributed by atoms with Crippen molar-refractivity contribution >= 4 is 5.91 Å². The number of nitrogens with zero attached hydrogens (tertiary/aromatic N) is 1. The number of amides is 1. The molecule has 16 heavy (non-hydrogen) atoms. The minimum absolute atomic E-state index is 0.216. The van der Waals surface area contributed by atoms with Crippen molar-refractivity contribution in [2.24, 2.45) is 28.9 Å². The highest BCUT2D eigenvalue weighted by molar-refractivity contribution is 5.83. The largest absolute Gasteiger partial charge is 0.345 e. The molecule has 92 valence electrons. The molecule has 0 bridgehead atoms. The number of rotatable bonds is 4. The molecule has 0 aromatic heterocycles. The van der Waals surface area contributed by atoms with E-state index in [4.69, 9.17) is 5.73 Å². The zero-order valence-corrected chi connectivity index (χ0v) is 10.7. The van der Waals surface area contributed by atoms with E-state index in [0.717, 1.165) is 31.2 Å². The molecule has 0 aliphatic heterocycles. The van der Waals surface area contributed by atoms with Crippen molar-refractivity contribution in [3.8, 4) is 0 Å². The van der Waals surface area contributed by atoms with Gasteiger partial charge in [0.05, 0.1) is 5.41 Å². The molecule has 0 heterocycles. The predicted molar refractivity (Wildman–Crippen MR) is 64.8 cm³/mol. The molecule has 2 rings (SSSR count). The fourth-order valence-corrected chi connectivity index (χ4v) is 3.20. The van der Waals surface area contributed by atoms with Crippen molar-refractivity contribution < 1.29 is 4.79 Å².